The van der Waals surface area contributed by atoms with E-state index in [1.807, 2.05) is 54.6 Å². The highest BCUT2D eigenvalue weighted by molar-refractivity contribution is 5.81. The van der Waals surface area contributed by atoms with E-state index in [-0.39, 0.29) is 37.2 Å². The highest BCUT2D eigenvalue weighted by Gasteiger charge is 2.16. The second-order valence-corrected chi connectivity index (χ2v) is 6.77. The number of hydrogen-bond acceptors (Lipinski definition) is 5. The van der Waals surface area contributed by atoms with Gasteiger partial charge >= 0.3 is 11.9 Å². The monoisotopic (exact) mass is 429 g/mol. The molecule has 0 saturated heterocycles. The van der Waals surface area contributed by atoms with Crippen LogP contribution in [0.4, 0.5) is 0 Å². The van der Waals surface area contributed by atoms with E-state index in [9.17, 15) is 14.4 Å². The molecule has 2 rings (SSSR count). The first-order valence-electron chi connectivity index (χ1n) is 10.2. The van der Waals surface area contributed by atoms with E-state index in [1.165, 1.54) is 0 Å². The number of hydrogen-bond donors (Lipinski definition) is 3. The van der Waals surface area contributed by atoms with Crippen LogP contribution in [0.1, 0.15) is 38.2 Å². The molecule has 1 unspecified atom stereocenters. The van der Waals surface area contributed by atoms with Crippen molar-refractivity contribution in [2.24, 2.45) is 0 Å². The van der Waals surface area contributed by atoms with Crippen LogP contribution in [-0.4, -0.2) is 47.8 Å². The summed E-state index contributed by atoms with van der Waals surface area (Å²) < 4.78 is 4.96. The third kappa shape index (κ3) is 10.4. The molecule has 7 nitrogen and oxygen atoms in total. The Morgan fingerprint density at radius 3 is 2.10 bits per heavy atom. The fraction of sp³-hybridized carbons (Fsp3) is 0.375. The Bertz CT molecular complexity index is 805. The van der Waals surface area contributed by atoms with Crippen LogP contribution in [0.3, 0.4) is 0 Å². The smallest absolute Gasteiger partial charge is 0.305 e. The van der Waals surface area contributed by atoms with Gasteiger partial charge in [0.05, 0.1) is 13.0 Å². The van der Waals surface area contributed by atoms with E-state index in [1.54, 1.807) is 6.92 Å². The Kier molecular flexibility index (Phi) is 12.3. The molecule has 0 aliphatic carbocycles. The molecule has 2 aromatic rings. The van der Waals surface area contributed by atoms with E-state index < -0.39 is 5.97 Å². The summed E-state index contributed by atoms with van der Waals surface area (Å²) in [6.07, 6.45) is 0.867. The van der Waals surface area contributed by atoms with E-state index in [0.29, 0.717) is 19.4 Å². The molecule has 31 heavy (non-hydrogen) atoms. The third-order valence-electron chi connectivity index (χ3n) is 4.48. The summed E-state index contributed by atoms with van der Waals surface area (Å²) in [5.41, 5.74) is 3.25. The molecule has 7 heteroatoms. The van der Waals surface area contributed by atoms with E-state index in [0.717, 1.165) is 23.8 Å². The molecule has 2 aromatic carbocycles. The summed E-state index contributed by atoms with van der Waals surface area (Å²) in [5, 5.41) is 18.6. The number of amides is 1. The van der Waals surface area contributed by atoms with Crippen molar-refractivity contribution in [3.05, 3.63) is 60.2 Å². The molecule has 0 aromatic heterocycles. The molecule has 0 radical (unpaired) electrons. The molecule has 0 fully saturated rings. The van der Waals surface area contributed by atoms with Gasteiger partial charge in [0.15, 0.2) is 0 Å². The van der Waals surface area contributed by atoms with Crippen LogP contribution in [0.15, 0.2) is 54.6 Å². The molecule has 0 bridgehead atoms. The maximum absolute atomic E-state index is 12.1. The average Bonchev–Trinajstić information content (AvgIpc) is 2.79. The number of aliphatic hydroxyl groups is 1. The summed E-state index contributed by atoms with van der Waals surface area (Å²) in [6.45, 7) is 2.06. The van der Waals surface area contributed by atoms with Gasteiger partial charge in [0.2, 0.25) is 5.91 Å². The van der Waals surface area contributed by atoms with Crippen molar-refractivity contribution in [1.82, 2.24) is 5.32 Å². The van der Waals surface area contributed by atoms with Crippen LogP contribution in [-0.2, 0) is 25.5 Å². The first-order chi connectivity index (χ1) is 15.0. The van der Waals surface area contributed by atoms with Crippen LogP contribution < -0.4 is 5.32 Å². The summed E-state index contributed by atoms with van der Waals surface area (Å²) in [7, 11) is 1.00. The Morgan fingerprint density at radius 1 is 0.903 bits per heavy atom. The van der Waals surface area contributed by atoms with Gasteiger partial charge in [-0.3, -0.25) is 14.4 Å². The van der Waals surface area contributed by atoms with Crippen molar-refractivity contribution in [1.29, 1.82) is 0 Å². The van der Waals surface area contributed by atoms with Crippen molar-refractivity contribution in [2.75, 3.05) is 13.7 Å². The predicted octanol–water partition coefficient (Wildman–Crippen LogP) is 3.20. The predicted molar refractivity (Wildman–Crippen MR) is 118 cm³/mol. The molecular weight excluding hydrogens is 398 g/mol. The van der Waals surface area contributed by atoms with Gasteiger partial charge in [-0.05, 0) is 36.5 Å². The number of carbonyl (C=O) groups excluding carboxylic acids is 2. The SMILES string of the molecule is CCOC(=O)CCC(Cc1ccc(-c2ccccc2)cc1)NC(=O)CCC(=O)O.CO. The number of rotatable bonds is 11. The largest absolute Gasteiger partial charge is 0.481 e. The van der Waals surface area contributed by atoms with E-state index >= 15 is 0 Å². The molecule has 0 spiro atoms. The molecular formula is C24H31NO6. The average molecular weight is 430 g/mol. The minimum Gasteiger partial charge on any atom is -0.481 e. The van der Waals surface area contributed by atoms with Gasteiger partial charge < -0.3 is 20.3 Å². The first kappa shape index (κ1) is 25.8. The number of esters is 1. The lowest BCUT2D eigenvalue weighted by atomic mass is 9.98. The van der Waals surface area contributed by atoms with Crippen LogP contribution in [0.5, 0.6) is 0 Å². The zero-order valence-corrected chi connectivity index (χ0v) is 18.0. The number of carbonyl (C=O) groups is 3. The van der Waals surface area contributed by atoms with Crippen LogP contribution in [0.25, 0.3) is 11.1 Å². The van der Waals surface area contributed by atoms with E-state index in [4.69, 9.17) is 14.9 Å². The van der Waals surface area contributed by atoms with Crippen molar-refractivity contribution in [2.45, 2.75) is 45.1 Å². The zero-order chi connectivity index (χ0) is 23.1. The number of aliphatic carboxylic acids is 1. The lowest BCUT2D eigenvalue weighted by molar-refractivity contribution is -0.143. The molecule has 1 amide bonds. The van der Waals surface area contributed by atoms with Crippen molar-refractivity contribution >= 4 is 17.8 Å². The highest BCUT2D eigenvalue weighted by atomic mass is 16.5. The molecule has 168 valence electrons. The van der Waals surface area contributed by atoms with Crippen LogP contribution in [0, 0.1) is 0 Å². The van der Waals surface area contributed by atoms with Gasteiger partial charge in [0, 0.05) is 26.0 Å². The topological polar surface area (TPSA) is 113 Å². The number of carboxylic acids is 1. The summed E-state index contributed by atoms with van der Waals surface area (Å²) >= 11 is 0. The fourth-order valence-electron chi connectivity index (χ4n) is 3.02. The maximum Gasteiger partial charge on any atom is 0.305 e. The second kappa shape index (κ2) is 14.7. The fourth-order valence-corrected chi connectivity index (χ4v) is 3.02. The number of carboxylic acid groups (broad SMARTS) is 1. The Balaban J connectivity index is 0.00000233. The lowest BCUT2D eigenvalue weighted by Gasteiger charge is -2.19. The molecule has 3 N–H and O–H groups in total. The Morgan fingerprint density at radius 2 is 1.52 bits per heavy atom. The first-order valence-corrected chi connectivity index (χ1v) is 10.2. The van der Waals surface area contributed by atoms with Gasteiger partial charge in [-0.1, -0.05) is 54.6 Å². The number of aliphatic hydroxyl groups excluding tert-OH is 1. The third-order valence-corrected chi connectivity index (χ3v) is 4.48. The van der Waals surface area contributed by atoms with Gasteiger partial charge in [0.1, 0.15) is 0 Å². The summed E-state index contributed by atoms with van der Waals surface area (Å²) in [5.74, 6) is -1.65. The molecule has 0 saturated carbocycles. The Hall–Kier alpha value is -3.19. The molecule has 1 atom stereocenters. The molecule has 0 heterocycles. The molecule has 0 aliphatic rings. The van der Waals surface area contributed by atoms with Gasteiger partial charge in [-0.25, -0.2) is 0 Å². The quantitative estimate of drug-likeness (QED) is 0.473. The van der Waals surface area contributed by atoms with Gasteiger partial charge in [0.25, 0.3) is 0 Å². The summed E-state index contributed by atoms with van der Waals surface area (Å²) in [6, 6.07) is 17.8. The van der Waals surface area contributed by atoms with Gasteiger partial charge in [-0.2, -0.15) is 0 Å². The van der Waals surface area contributed by atoms with Gasteiger partial charge in [-0.15, -0.1) is 0 Å². The van der Waals surface area contributed by atoms with Crippen LogP contribution >= 0.6 is 0 Å². The van der Waals surface area contributed by atoms with Crippen LogP contribution in [0.2, 0.25) is 0 Å². The minimum absolute atomic E-state index is 0.0851. The number of benzene rings is 2. The van der Waals surface area contributed by atoms with Crippen molar-refractivity contribution in [3.63, 3.8) is 0 Å². The minimum atomic E-state index is -1.01. The highest BCUT2D eigenvalue weighted by Crippen LogP contribution is 2.20. The number of nitrogens with one attached hydrogen (secondary N) is 1. The maximum atomic E-state index is 12.1. The standard InChI is InChI=1S/C23H27NO5.CH4O/c1-2-29-23(28)15-12-20(24-21(25)13-14-22(26)27)16-17-8-10-19(11-9-17)18-6-4-3-5-7-18;1-2/h3-11,20H,2,12-16H2,1H3,(H,24,25)(H,26,27);2H,1H3. The number of ether oxygens (including phenoxy) is 1. The van der Waals surface area contributed by atoms with E-state index in [2.05, 4.69) is 5.32 Å². The molecule has 0 aliphatic heterocycles. The lowest BCUT2D eigenvalue weighted by Crippen LogP contribution is -2.37. The normalized spacial score (nSPS) is 10.9. The second-order valence-electron chi connectivity index (χ2n) is 6.77. The summed E-state index contributed by atoms with van der Waals surface area (Å²) in [4.78, 5) is 34.4. The Labute approximate surface area is 183 Å². The zero-order valence-electron chi connectivity index (χ0n) is 18.0. The van der Waals surface area contributed by atoms with Crippen molar-refractivity contribution in [3.8, 4) is 11.1 Å². The van der Waals surface area contributed by atoms with Crippen molar-refractivity contribution < 1.29 is 29.3 Å².